The van der Waals surface area contributed by atoms with Gasteiger partial charge in [-0.3, -0.25) is 0 Å². The van der Waals surface area contributed by atoms with Crippen LogP contribution in [0.25, 0.3) is 0 Å². The number of piperidine rings is 1. The monoisotopic (exact) mass is 248 g/mol. The molecule has 0 aromatic heterocycles. The van der Waals surface area contributed by atoms with Gasteiger partial charge in [-0.2, -0.15) is 0 Å². The van der Waals surface area contributed by atoms with Crippen molar-refractivity contribution in [2.75, 3.05) is 25.5 Å². The molecule has 2 rings (SSSR count). The third kappa shape index (κ3) is 3.64. The van der Waals surface area contributed by atoms with Crippen LogP contribution < -0.4 is 10.1 Å². The molecule has 1 aromatic carbocycles. The summed E-state index contributed by atoms with van der Waals surface area (Å²) in [5, 5.41) is 3.62. The third-order valence-electron chi connectivity index (χ3n) is 3.33. The number of para-hydroxylation sites is 2. The number of rotatable bonds is 4. The molecule has 1 aliphatic heterocycles. The highest BCUT2D eigenvalue weighted by Gasteiger charge is 2.17. The summed E-state index contributed by atoms with van der Waals surface area (Å²) in [5.41, 5.74) is 1.13. The van der Waals surface area contributed by atoms with Crippen LogP contribution in [0.15, 0.2) is 24.3 Å². The van der Waals surface area contributed by atoms with Gasteiger partial charge in [-0.25, -0.2) is 0 Å². The maximum Gasteiger partial charge on any atom is 0.142 e. The molecule has 0 amide bonds. The Labute approximate surface area is 110 Å². The van der Waals surface area contributed by atoms with Gasteiger partial charge in [0.15, 0.2) is 0 Å². The van der Waals surface area contributed by atoms with E-state index in [1.165, 1.54) is 25.9 Å². The standard InChI is InChI=1S/C15H24N2O/c1-12(2)18-15-7-5-4-6-14(15)16-13-8-10-17(3)11-9-13/h4-7,12-13,16H,8-11H2,1-3H3. The average Bonchev–Trinajstić information content (AvgIpc) is 2.34. The summed E-state index contributed by atoms with van der Waals surface area (Å²) < 4.78 is 5.84. The molecule has 3 nitrogen and oxygen atoms in total. The molecule has 3 heteroatoms. The molecule has 1 aromatic rings. The van der Waals surface area contributed by atoms with E-state index < -0.39 is 0 Å². The normalized spacial score (nSPS) is 18.0. The van der Waals surface area contributed by atoms with Gasteiger partial charge in [0, 0.05) is 6.04 Å². The molecule has 0 aliphatic carbocycles. The van der Waals surface area contributed by atoms with E-state index in [0.29, 0.717) is 6.04 Å². The van der Waals surface area contributed by atoms with Gasteiger partial charge in [-0.1, -0.05) is 12.1 Å². The summed E-state index contributed by atoms with van der Waals surface area (Å²) >= 11 is 0. The van der Waals surface area contributed by atoms with E-state index in [4.69, 9.17) is 4.74 Å². The molecule has 1 saturated heterocycles. The number of benzene rings is 1. The second-order valence-corrected chi connectivity index (χ2v) is 5.38. The van der Waals surface area contributed by atoms with E-state index in [1.54, 1.807) is 0 Å². The van der Waals surface area contributed by atoms with Crippen molar-refractivity contribution >= 4 is 5.69 Å². The molecular weight excluding hydrogens is 224 g/mol. The Bertz CT molecular complexity index is 371. The first-order valence-electron chi connectivity index (χ1n) is 6.86. The fourth-order valence-electron chi connectivity index (χ4n) is 2.32. The zero-order valence-electron chi connectivity index (χ0n) is 11.6. The van der Waals surface area contributed by atoms with Crippen LogP contribution in [0.2, 0.25) is 0 Å². The van der Waals surface area contributed by atoms with Crippen molar-refractivity contribution in [3.05, 3.63) is 24.3 Å². The number of nitrogens with one attached hydrogen (secondary N) is 1. The van der Waals surface area contributed by atoms with Gasteiger partial charge in [0.2, 0.25) is 0 Å². The minimum atomic E-state index is 0.213. The van der Waals surface area contributed by atoms with Crippen LogP contribution in [0.4, 0.5) is 5.69 Å². The SMILES string of the molecule is CC(C)Oc1ccccc1NC1CCN(C)CC1. The first kappa shape index (κ1) is 13.2. The lowest BCUT2D eigenvalue weighted by Gasteiger charge is -2.30. The second-order valence-electron chi connectivity index (χ2n) is 5.38. The summed E-state index contributed by atoms with van der Waals surface area (Å²) in [6, 6.07) is 8.80. The quantitative estimate of drug-likeness (QED) is 0.886. The van der Waals surface area contributed by atoms with Crippen molar-refractivity contribution in [1.29, 1.82) is 0 Å². The lowest BCUT2D eigenvalue weighted by Crippen LogP contribution is -2.36. The molecule has 1 fully saturated rings. The summed E-state index contributed by atoms with van der Waals surface area (Å²) in [4.78, 5) is 2.38. The van der Waals surface area contributed by atoms with Crippen LogP contribution in [0.3, 0.4) is 0 Å². The predicted octanol–water partition coefficient (Wildman–Crippen LogP) is 2.98. The van der Waals surface area contributed by atoms with Crippen molar-refractivity contribution in [2.24, 2.45) is 0 Å². The second kappa shape index (κ2) is 6.10. The molecule has 0 spiro atoms. The number of hydrogen-bond donors (Lipinski definition) is 1. The number of nitrogens with zero attached hydrogens (tertiary/aromatic N) is 1. The van der Waals surface area contributed by atoms with Crippen molar-refractivity contribution in [1.82, 2.24) is 4.90 Å². The molecule has 1 heterocycles. The summed E-state index contributed by atoms with van der Waals surface area (Å²) in [6.45, 7) is 6.47. The smallest absolute Gasteiger partial charge is 0.142 e. The highest BCUT2D eigenvalue weighted by molar-refractivity contribution is 5.56. The minimum absolute atomic E-state index is 0.213. The van der Waals surface area contributed by atoms with Crippen molar-refractivity contribution in [3.8, 4) is 5.75 Å². The van der Waals surface area contributed by atoms with Gasteiger partial charge in [0.25, 0.3) is 0 Å². The molecule has 0 atom stereocenters. The number of likely N-dealkylation sites (tertiary alicyclic amines) is 1. The van der Waals surface area contributed by atoms with Crippen LogP contribution in [0, 0.1) is 0 Å². The maximum absolute atomic E-state index is 5.84. The van der Waals surface area contributed by atoms with Crippen molar-refractivity contribution < 1.29 is 4.74 Å². The highest BCUT2D eigenvalue weighted by atomic mass is 16.5. The predicted molar refractivity (Wildman–Crippen MR) is 76.3 cm³/mol. The third-order valence-corrected chi connectivity index (χ3v) is 3.33. The van der Waals surface area contributed by atoms with Gasteiger partial charge in [-0.15, -0.1) is 0 Å². The Balaban J connectivity index is 2.00. The van der Waals surface area contributed by atoms with E-state index in [9.17, 15) is 0 Å². The van der Waals surface area contributed by atoms with Crippen LogP contribution in [0.1, 0.15) is 26.7 Å². The minimum Gasteiger partial charge on any atom is -0.489 e. The van der Waals surface area contributed by atoms with Crippen LogP contribution in [-0.2, 0) is 0 Å². The van der Waals surface area contributed by atoms with E-state index >= 15 is 0 Å². The molecule has 0 saturated carbocycles. The lowest BCUT2D eigenvalue weighted by molar-refractivity contribution is 0.242. The van der Waals surface area contributed by atoms with Crippen molar-refractivity contribution in [3.63, 3.8) is 0 Å². The maximum atomic E-state index is 5.84. The Morgan fingerprint density at radius 1 is 1.22 bits per heavy atom. The number of ether oxygens (including phenoxy) is 1. The molecule has 1 aliphatic rings. The molecule has 0 radical (unpaired) electrons. The van der Waals surface area contributed by atoms with E-state index in [-0.39, 0.29) is 6.10 Å². The van der Waals surface area contributed by atoms with Gasteiger partial charge in [0.05, 0.1) is 11.8 Å². The van der Waals surface area contributed by atoms with E-state index in [2.05, 4.69) is 43.2 Å². The molecule has 100 valence electrons. The molecule has 0 unspecified atom stereocenters. The summed E-state index contributed by atoms with van der Waals surface area (Å²) in [7, 11) is 2.19. The lowest BCUT2D eigenvalue weighted by atomic mass is 10.1. The van der Waals surface area contributed by atoms with Crippen molar-refractivity contribution in [2.45, 2.75) is 38.8 Å². The van der Waals surface area contributed by atoms with Crippen LogP contribution in [0.5, 0.6) is 5.75 Å². The first-order valence-corrected chi connectivity index (χ1v) is 6.86. The average molecular weight is 248 g/mol. The fourth-order valence-corrected chi connectivity index (χ4v) is 2.32. The molecular formula is C15H24N2O. The summed E-state index contributed by atoms with van der Waals surface area (Å²) in [5.74, 6) is 0.964. The largest absolute Gasteiger partial charge is 0.489 e. The van der Waals surface area contributed by atoms with E-state index in [0.717, 1.165) is 11.4 Å². The zero-order chi connectivity index (χ0) is 13.0. The Morgan fingerprint density at radius 3 is 2.56 bits per heavy atom. The topological polar surface area (TPSA) is 24.5 Å². The number of anilines is 1. The highest BCUT2D eigenvalue weighted by Crippen LogP contribution is 2.27. The molecule has 18 heavy (non-hydrogen) atoms. The zero-order valence-corrected chi connectivity index (χ0v) is 11.6. The fraction of sp³-hybridized carbons (Fsp3) is 0.600. The van der Waals surface area contributed by atoms with Crippen LogP contribution >= 0.6 is 0 Å². The van der Waals surface area contributed by atoms with Gasteiger partial charge in [0.1, 0.15) is 5.75 Å². The van der Waals surface area contributed by atoms with Gasteiger partial charge in [-0.05, 0) is 59.0 Å². The molecule has 1 N–H and O–H groups in total. The van der Waals surface area contributed by atoms with Crippen LogP contribution in [-0.4, -0.2) is 37.2 Å². The number of hydrogen-bond acceptors (Lipinski definition) is 3. The molecule has 0 bridgehead atoms. The Hall–Kier alpha value is -1.22. The Morgan fingerprint density at radius 2 is 1.89 bits per heavy atom. The summed E-state index contributed by atoms with van der Waals surface area (Å²) in [6.07, 6.45) is 2.62. The van der Waals surface area contributed by atoms with Gasteiger partial charge < -0.3 is 15.0 Å². The van der Waals surface area contributed by atoms with Gasteiger partial charge >= 0.3 is 0 Å². The first-order chi connectivity index (χ1) is 8.65. The Kier molecular flexibility index (Phi) is 4.48. The van der Waals surface area contributed by atoms with E-state index in [1.807, 2.05) is 12.1 Å².